The van der Waals surface area contributed by atoms with E-state index < -0.39 is 29.7 Å². The first-order valence-electron chi connectivity index (χ1n) is 7.28. The van der Waals surface area contributed by atoms with Crippen LogP contribution < -0.4 is 5.32 Å². The zero-order valence-electron chi connectivity index (χ0n) is 12.7. The first-order chi connectivity index (χ1) is 11.0. The van der Waals surface area contributed by atoms with Crippen molar-refractivity contribution in [3.8, 4) is 0 Å². The number of rotatable bonds is 3. The van der Waals surface area contributed by atoms with E-state index in [-0.39, 0.29) is 17.2 Å². The van der Waals surface area contributed by atoms with Crippen molar-refractivity contribution in [2.75, 3.05) is 7.11 Å². The van der Waals surface area contributed by atoms with E-state index in [0.29, 0.717) is 5.70 Å². The number of urea groups is 1. The lowest BCUT2D eigenvalue weighted by Gasteiger charge is -2.35. The van der Waals surface area contributed by atoms with Crippen LogP contribution in [0.3, 0.4) is 0 Å². The Balaban J connectivity index is 2.15. The van der Waals surface area contributed by atoms with Gasteiger partial charge in [0.25, 0.3) is 0 Å². The number of amides is 2. The average Bonchev–Trinajstić information content (AvgIpc) is 3.31. The van der Waals surface area contributed by atoms with E-state index in [0.717, 1.165) is 25.0 Å². The minimum atomic E-state index is -1.22. The van der Waals surface area contributed by atoms with Gasteiger partial charge in [0, 0.05) is 11.7 Å². The van der Waals surface area contributed by atoms with E-state index in [1.807, 2.05) is 0 Å². The number of benzene rings is 1. The van der Waals surface area contributed by atoms with Crippen LogP contribution in [0.4, 0.5) is 13.6 Å². The molecule has 1 atom stereocenters. The zero-order chi connectivity index (χ0) is 16.7. The van der Waals surface area contributed by atoms with Gasteiger partial charge in [0.1, 0.15) is 11.6 Å². The van der Waals surface area contributed by atoms with Gasteiger partial charge >= 0.3 is 12.0 Å². The highest BCUT2D eigenvalue weighted by atomic mass is 19.1. The molecule has 1 aliphatic carbocycles. The van der Waals surface area contributed by atoms with Crippen LogP contribution in [0.2, 0.25) is 0 Å². The summed E-state index contributed by atoms with van der Waals surface area (Å²) in [4.78, 5) is 26.0. The van der Waals surface area contributed by atoms with Crippen LogP contribution in [-0.2, 0) is 9.53 Å². The number of nitrogens with zero attached hydrogens (tertiary/aromatic N) is 1. The largest absolute Gasteiger partial charge is 0.466 e. The summed E-state index contributed by atoms with van der Waals surface area (Å²) in [7, 11) is 1.19. The second-order valence-corrected chi connectivity index (χ2v) is 5.61. The van der Waals surface area contributed by atoms with E-state index in [1.54, 1.807) is 6.92 Å². The van der Waals surface area contributed by atoms with Crippen LogP contribution in [0, 0.1) is 11.6 Å². The molecule has 0 bridgehead atoms. The van der Waals surface area contributed by atoms with Crippen molar-refractivity contribution < 1.29 is 23.1 Å². The van der Waals surface area contributed by atoms with Crippen molar-refractivity contribution in [3.05, 3.63) is 46.7 Å². The molecule has 1 aromatic rings. The van der Waals surface area contributed by atoms with Gasteiger partial charge in [-0.05, 0) is 31.9 Å². The smallest absolute Gasteiger partial charge is 0.337 e. The van der Waals surface area contributed by atoms with E-state index >= 15 is 0 Å². The van der Waals surface area contributed by atoms with Gasteiger partial charge in [0.15, 0.2) is 0 Å². The molecule has 1 aliphatic heterocycles. The van der Waals surface area contributed by atoms with Gasteiger partial charge in [0.2, 0.25) is 0 Å². The third kappa shape index (κ3) is 2.56. The van der Waals surface area contributed by atoms with Crippen LogP contribution >= 0.6 is 0 Å². The van der Waals surface area contributed by atoms with Gasteiger partial charge in [-0.2, -0.15) is 0 Å². The summed E-state index contributed by atoms with van der Waals surface area (Å²) in [5, 5.41) is 2.53. The Morgan fingerprint density at radius 3 is 2.43 bits per heavy atom. The Morgan fingerprint density at radius 1 is 1.30 bits per heavy atom. The van der Waals surface area contributed by atoms with Gasteiger partial charge in [-0.15, -0.1) is 0 Å². The third-order valence-electron chi connectivity index (χ3n) is 4.13. The molecule has 2 amide bonds. The number of carbonyl (C=O) groups is 2. The monoisotopic (exact) mass is 322 g/mol. The van der Waals surface area contributed by atoms with Crippen molar-refractivity contribution in [1.29, 1.82) is 0 Å². The van der Waals surface area contributed by atoms with Gasteiger partial charge in [-0.3, -0.25) is 4.90 Å². The van der Waals surface area contributed by atoms with Crippen LogP contribution in [0.5, 0.6) is 0 Å². The molecule has 3 rings (SSSR count). The molecule has 2 aliphatic rings. The Morgan fingerprint density at radius 2 is 1.91 bits per heavy atom. The molecule has 1 fully saturated rings. The van der Waals surface area contributed by atoms with Gasteiger partial charge in [0.05, 0.1) is 24.3 Å². The van der Waals surface area contributed by atoms with Crippen molar-refractivity contribution in [1.82, 2.24) is 10.2 Å². The van der Waals surface area contributed by atoms with E-state index in [9.17, 15) is 18.4 Å². The molecule has 0 unspecified atom stereocenters. The van der Waals surface area contributed by atoms with Crippen molar-refractivity contribution in [3.63, 3.8) is 0 Å². The summed E-state index contributed by atoms with van der Waals surface area (Å²) in [6, 6.07) is 1.73. The highest BCUT2D eigenvalue weighted by Crippen LogP contribution is 2.38. The minimum Gasteiger partial charge on any atom is -0.466 e. The zero-order valence-corrected chi connectivity index (χ0v) is 12.7. The molecule has 7 heteroatoms. The molecule has 0 radical (unpaired) electrons. The number of nitrogens with one attached hydrogen (secondary N) is 1. The van der Waals surface area contributed by atoms with E-state index in [2.05, 4.69) is 5.32 Å². The number of hydrogen-bond donors (Lipinski definition) is 1. The number of methoxy groups -OCH3 is 1. The quantitative estimate of drug-likeness (QED) is 0.870. The molecule has 0 spiro atoms. The molecule has 1 N–H and O–H groups in total. The molecule has 5 nitrogen and oxygen atoms in total. The molecule has 0 saturated heterocycles. The Labute approximate surface area is 131 Å². The van der Waals surface area contributed by atoms with Gasteiger partial charge in [-0.1, -0.05) is 6.07 Å². The maximum Gasteiger partial charge on any atom is 0.337 e. The molecule has 1 heterocycles. The fraction of sp³-hybridized carbons (Fsp3) is 0.375. The Bertz CT molecular complexity index is 693. The van der Waals surface area contributed by atoms with E-state index in [1.165, 1.54) is 18.1 Å². The number of halogens is 2. The number of allylic oxidation sites excluding steroid dienone is 1. The molecular formula is C16H16F2N2O3. The highest BCUT2D eigenvalue weighted by Gasteiger charge is 2.43. The minimum absolute atomic E-state index is 0.0149. The summed E-state index contributed by atoms with van der Waals surface area (Å²) < 4.78 is 33.0. The lowest BCUT2D eigenvalue weighted by molar-refractivity contribution is -0.136. The number of hydrogen-bond acceptors (Lipinski definition) is 3. The fourth-order valence-electron chi connectivity index (χ4n) is 2.91. The molecule has 23 heavy (non-hydrogen) atoms. The normalized spacial score (nSPS) is 21.3. The first kappa shape index (κ1) is 15.5. The Kier molecular flexibility index (Phi) is 3.79. The summed E-state index contributed by atoms with van der Waals surface area (Å²) >= 11 is 0. The second-order valence-electron chi connectivity index (χ2n) is 5.61. The first-order valence-corrected chi connectivity index (χ1v) is 7.28. The maximum atomic E-state index is 14.1. The SMILES string of the molecule is COC(=O)C1=C(C)N(C2CC2)C(=O)N[C@@H]1c1c(F)cccc1F. The molecular weight excluding hydrogens is 306 g/mol. The number of ether oxygens (including phenoxy) is 1. The van der Waals surface area contributed by atoms with Crippen molar-refractivity contribution >= 4 is 12.0 Å². The van der Waals surface area contributed by atoms with Crippen LogP contribution in [-0.4, -0.2) is 30.1 Å². The summed E-state index contributed by atoms with van der Waals surface area (Å²) in [5.41, 5.74) is 0.0507. The van der Waals surface area contributed by atoms with Crippen LogP contribution in [0.25, 0.3) is 0 Å². The lowest BCUT2D eigenvalue weighted by atomic mass is 9.94. The second kappa shape index (κ2) is 5.64. The van der Waals surface area contributed by atoms with Crippen LogP contribution in [0.1, 0.15) is 31.4 Å². The number of esters is 1. The van der Waals surface area contributed by atoms with Gasteiger partial charge < -0.3 is 10.1 Å². The standard InChI is InChI=1S/C16H16F2N2O3/c1-8-12(15(21)23-2)14(13-10(17)4-3-5-11(13)18)19-16(22)20(8)9-6-7-9/h3-5,9,14H,6-7H2,1-2H3,(H,19,22)/t14-/m0/s1. The molecule has 0 aromatic heterocycles. The van der Waals surface area contributed by atoms with Crippen LogP contribution in [0.15, 0.2) is 29.5 Å². The summed E-state index contributed by atoms with van der Waals surface area (Å²) in [6.07, 6.45) is 1.66. The Hall–Kier alpha value is -2.44. The number of carbonyl (C=O) groups excluding carboxylic acids is 2. The summed E-state index contributed by atoms with van der Waals surface area (Å²) in [5.74, 6) is -2.38. The predicted molar refractivity (Wildman–Crippen MR) is 77.2 cm³/mol. The van der Waals surface area contributed by atoms with Crippen molar-refractivity contribution in [2.45, 2.75) is 31.8 Å². The lowest BCUT2D eigenvalue weighted by Crippen LogP contribution is -2.49. The topological polar surface area (TPSA) is 58.6 Å². The maximum absolute atomic E-state index is 14.1. The predicted octanol–water partition coefficient (Wildman–Crippen LogP) is 2.64. The molecule has 1 aromatic carbocycles. The van der Waals surface area contributed by atoms with Crippen molar-refractivity contribution in [2.24, 2.45) is 0 Å². The third-order valence-corrected chi connectivity index (χ3v) is 4.13. The summed E-state index contributed by atoms with van der Waals surface area (Å²) in [6.45, 7) is 1.59. The highest BCUT2D eigenvalue weighted by molar-refractivity contribution is 5.95. The fourth-order valence-corrected chi connectivity index (χ4v) is 2.91. The van der Waals surface area contributed by atoms with E-state index in [4.69, 9.17) is 4.74 Å². The van der Waals surface area contributed by atoms with Gasteiger partial charge in [-0.25, -0.2) is 18.4 Å². The molecule has 1 saturated carbocycles. The average molecular weight is 322 g/mol. The molecule has 122 valence electrons.